The van der Waals surface area contributed by atoms with Gasteiger partial charge in [0.25, 0.3) is 0 Å². The number of carbonyl (C=O) groups excluding carboxylic acids is 1. The maximum absolute atomic E-state index is 11.6. The van der Waals surface area contributed by atoms with Crippen LogP contribution in [0, 0.1) is 22.7 Å². The van der Waals surface area contributed by atoms with Gasteiger partial charge in [-0.05, 0) is 47.6 Å². The fourth-order valence-electron chi connectivity index (χ4n) is 3.40. The molecule has 2 unspecified atom stereocenters. The molecule has 0 saturated heterocycles. The Labute approximate surface area is 116 Å². The number of esters is 1. The molecule has 20 heavy (non-hydrogen) atoms. The van der Waals surface area contributed by atoms with Gasteiger partial charge in [0.15, 0.2) is 0 Å². The molecule has 0 aliphatic heterocycles. The van der Waals surface area contributed by atoms with Gasteiger partial charge in [0, 0.05) is 5.92 Å². The summed E-state index contributed by atoms with van der Waals surface area (Å²) in [6.07, 6.45) is 1.68. The molecule has 1 aromatic carbocycles. The van der Waals surface area contributed by atoms with Crippen LogP contribution in [-0.2, 0) is 4.74 Å². The Morgan fingerprint density at radius 2 is 2.05 bits per heavy atom. The van der Waals surface area contributed by atoms with E-state index in [-0.39, 0.29) is 17.5 Å². The van der Waals surface area contributed by atoms with E-state index in [1.54, 1.807) is 6.07 Å². The second-order valence-electron chi connectivity index (χ2n) is 5.15. The van der Waals surface area contributed by atoms with Gasteiger partial charge >= 0.3 is 5.97 Å². The summed E-state index contributed by atoms with van der Waals surface area (Å²) in [5.41, 5.74) is 4.08. The van der Waals surface area contributed by atoms with Crippen molar-refractivity contribution in [1.29, 1.82) is 10.5 Å². The van der Waals surface area contributed by atoms with E-state index in [9.17, 15) is 4.79 Å². The summed E-state index contributed by atoms with van der Waals surface area (Å²) in [4.78, 5) is 11.6. The zero-order valence-electron chi connectivity index (χ0n) is 11.0. The highest BCUT2D eigenvalue weighted by Gasteiger charge is 2.42. The van der Waals surface area contributed by atoms with E-state index in [2.05, 4.69) is 0 Å². The van der Waals surface area contributed by atoms with Crippen molar-refractivity contribution in [3.8, 4) is 12.1 Å². The van der Waals surface area contributed by atoms with Gasteiger partial charge in [-0.2, -0.15) is 10.5 Å². The van der Waals surface area contributed by atoms with Gasteiger partial charge in [-0.1, -0.05) is 6.07 Å². The first kappa shape index (κ1) is 12.4. The predicted molar refractivity (Wildman–Crippen MR) is 70.7 cm³/mol. The molecule has 1 aromatic rings. The quantitative estimate of drug-likeness (QED) is 0.577. The number of carbonyl (C=O) groups is 1. The van der Waals surface area contributed by atoms with Crippen LogP contribution in [0.3, 0.4) is 0 Å². The highest BCUT2D eigenvalue weighted by atomic mass is 16.5. The second-order valence-corrected chi connectivity index (χ2v) is 5.15. The summed E-state index contributed by atoms with van der Waals surface area (Å²) < 4.78 is 4.74. The standard InChI is InChI=1S/C16H12N2O2/c1-20-16(19)9-2-3-12-13(4-9)10-5-14(15(12)6-10)11(7-17)8-18/h2-4,10,15H,5-6H2,1H3. The number of nitrogens with zero attached hydrogens (tertiary/aromatic N) is 2. The Balaban J connectivity index is 2.05. The molecule has 0 amide bonds. The molecule has 2 aliphatic carbocycles. The molecule has 4 nitrogen and oxygen atoms in total. The van der Waals surface area contributed by atoms with E-state index in [4.69, 9.17) is 15.3 Å². The van der Waals surface area contributed by atoms with Crippen molar-refractivity contribution in [2.45, 2.75) is 24.7 Å². The number of ether oxygens (including phenoxy) is 1. The Morgan fingerprint density at radius 3 is 2.70 bits per heavy atom. The van der Waals surface area contributed by atoms with Crippen molar-refractivity contribution in [2.75, 3.05) is 7.11 Å². The summed E-state index contributed by atoms with van der Waals surface area (Å²) in [5, 5.41) is 18.0. The van der Waals surface area contributed by atoms with Crippen molar-refractivity contribution >= 4 is 5.97 Å². The molecule has 1 fully saturated rings. The Kier molecular flexibility index (Phi) is 2.80. The number of fused-ring (bicyclic) bond motifs is 5. The molecule has 4 heteroatoms. The van der Waals surface area contributed by atoms with Crippen LogP contribution in [0.5, 0.6) is 0 Å². The molecule has 0 N–H and O–H groups in total. The minimum Gasteiger partial charge on any atom is -0.465 e. The van der Waals surface area contributed by atoms with Crippen molar-refractivity contribution < 1.29 is 9.53 Å². The van der Waals surface area contributed by atoms with E-state index in [1.165, 1.54) is 7.11 Å². The van der Waals surface area contributed by atoms with Crippen LogP contribution in [0.2, 0.25) is 0 Å². The highest BCUT2D eigenvalue weighted by Crippen LogP contribution is 2.56. The lowest BCUT2D eigenvalue weighted by atomic mass is 9.85. The number of allylic oxidation sites excluding steroid dienone is 2. The minimum atomic E-state index is -0.332. The Morgan fingerprint density at radius 1 is 1.30 bits per heavy atom. The van der Waals surface area contributed by atoms with Crippen molar-refractivity contribution in [3.05, 3.63) is 46.0 Å². The first-order valence-corrected chi connectivity index (χ1v) is 6.45. The molecule has 0 aromatic heterocycles. The van der Waals surface area contributed by atoms with E-state index < -0.39 is 0 Å². The van der Waals surface area contributed by atoms with Gasteiger partial charge in [0.2, 0.25) is 0 Å². The molecular weight excluding hydrogens is 252 g/mol. The number of hydrogen-bond donors (Lipinski definition) is 0. The van der Waals surface area contributed by atoms with E-state index in [1.807, 2.05) is 24.3 Å². The van der Waals surface area contributed by atoms with Crippen LogP contribution < -0.4 is 0 Å². The first-order chi connectivity index (χ1) is 9.69. The first-order valence-electron chi connectivity index (χ1n) is 6.45. The van der Waals surface area contributed by atoms with E-state index in [0.717, 1.165) is 29.5 Å². The van der Waals surface area contributed by atoms with Gasteiger partial charge in [-0.15, -0.1) is 0 Å². The summed E-state index contributed by atoms with van der Waals surface area (Å²) in [5.74, 6) is 0.142. The molecule has 0 heterocycles. The highest BCUT2D eigenvalue weighted by molar-refractivity contribution is 5.89. The molecule has 0 spiro atoms. The molecular formula is C16H12N2O2. The topological polar surface area (TPSA) is 73.9 Å². The molecule has 0 radical (unpaired) electrons. The molecule has 2 atom stereocenters. The summed E-state index contributed by atoms with van der Waals surface area (Å²) in [7, 11) is 1.37. The van der Waals surface area contributed by atoms with E-state index >= 15 is 0 Å². The maximum Gasteiger partial charge on any atom is 0.337 e. The summed E-state index contributed by atoms with van der Waals surface area (Å²) in [6.45, 7) is 0. The summed E-state index contributed by atoms with van der Waals surface area (Å²) in [6, 6.07) is 9.55. The fraction of sp³-hybridized carbons (Fsp3) is 0.312. The van der Waals surface area contributed by atoms with Crippen LogP contribution in [0.15, 0.2) is 29.3 Å². The monoisotopic (exact) mass is 264 g/mol. The number of rotatable bonds is 1. The maximum atomic E-state index is 11.6. The second kappa shape index (κ2) is 4.51. The lowest BCUT2D eigenvalue weighted by molar-refractivity contribution is 0.0600. The van der Waals surface area contributed by atoms with E-state index in [0.29, 0.717) is 11.5 Å². The lowest BCUT2D eigenvalue weighted by Gasteiger charge is -2.18. The van der Waals surface area contributed by atoms with Crippen molar-refractivity contribution in [1.82, 2.24) is 0 Å². The fourth-order valence-corrected chi connectivity index (χ4v) is 3.40. The zero-order chi connectivity index (χ0) is 14.3. The smallest absolute Gasteiger partial charge is 0.337 e. The van der Waals surface area contributed by atoms with Crippen molar-refractivity contribution in [2.24, 2.45) is 0 Å². The molecule has 2 bridgehead atoms. The molecule has 3 rings (SSSR count). The molecule has 2 aliphatic rings. The number of methoxy groups -OCH3 is 1. The van der Waals surface area contributed by atoms with Crippen LogP contribution in [0.1, 0.15) is 46.2 Å². The Hall–Kier alpha value is -2.59. The average Bonchev–Trinajstić information content (AvgIpc) is 3.06. The number of hydrogen-bond acceptors (Lipinski definition) is 4. The SMILES string of the molecule is COC(=O)c1ccc2c(c1)C1CC(=C(C#N)C#N)C2C1. The van der Waals surface area contributed by atoms with Crippen molar-refractivity contribution in [3.63, 3.8) is 0 Å². The van der Waals surface area contributed by atoms with Crippen LogP contribution in [0.4, 0.5) is 0 Å². The largest absolute Gasteiger partial charge is 0.465 e. The van der Waals surface area contributed by atoms with Gasteiger partial charge in [0.05, 0.1) is 12.7 Å². The third-order valence-electron chi connectivity index (χ3n) is 4.28. The predicted octanol–water partition coefficient (Wildman–Crippen LogP) is 2.79. The third-order valence-corrected chi connectivity index (χ3v) is 4.28. The summed E-state index contributed by atoms with van der Waals surface area (Å²) >= 11 is 0. The van der Waals surface area contributed by atoms with Gasteiger partial charge in [-0.25, -0.2) is 4.79 Å². The van der Waals surface area contributed by atoms with Crippen LogP contribution in [-0.4, -0.2) is 13.1 Å². The van der Waals surface area contributed by atoms with Crippen LogP contribution >= 0.6 is 0 Å². The van der Waals surface area contributed by atoms with Crippen LogP contribution in [0.25, 0.3) is 0 Å². The van der Waals surface area contributed by atoms with Gasteiger partial charge in [-0.3, -0.25) is 0 Å². The molecule has 1 saturated carbocycles. The number of benzene rings is 1. The van der Waals surface area contributed by atoms with Gasteiger partial charge < -0.3 is 4.74 Å². The zero-order valence-corrected chi connectivity index (χ0v) is 11.0. The minimum absolute atomic E-state index is 0.163. The lowest BCUT2D eigenvalue weighted by Crippen LogP contribution is -2.07. The molecule has 98 valence electrons. The Bertz CT molecular complexity index is 703. The van der Waals surface area contributed by atoms with Gasteiger partial charge in [0.1, 0.15) is 17.7 Å². The average molecular weight is 264 g/mol. The third kappa shape index (κ3) is 1.62. The normalized spacial score (nSPS) is 21.9. The number of nitriles is 2.